The van der Waals surface area contributed by atoms with Gasteiger partial charge in [-0.05, 0) is 23.7 Å². The van der Waals surface area contributed by atoms with E-state index in [0.717, 1.165) is 13.0 Å². The average molecular weight is 295 g/mol. The standard InChI is InChI=1S/C19H21NO2/c1-20-18(13-7-3-2-4-8-13)16-12-21-17-11-14-9-5-6-10-15(14)19(16)22-17/h2-10,16-20H,11-12H2,1H3/t16-,17+,18+,19-/m0/s1. The largest absolute Gasteiger partial charge is 0.352 e. The summed E-state index contributed by atoms with van der Waals surface area (Å²) in [5.74, 6) is 0.269. The molecule has 0 spiro atoms. The third kappa shape index (κ3) is 2.35. The molecule has 2 bridgehead atoms. The Morgan fingerprint density at radius 1 is 1.05 bits per heavy atom. The van der Waals surface area contributed by atoms with Crippen molar-refractivity contribution in [2.24, 2.45) is 5.92 Å². The lowest BCUT2D eigenvalue weighted by atomic mass is 9.81. The van der Waals surface area contributed by atoms with Crippen LogP contribution in [0.5, 0.6) is 0 Å². The van der Waals surface area contributed by atoms with Crippen LogP contribution in [0.3, 0.4) is 0 Å². The van der Waals surface area contributed by atoms with E-state index in [-0.39, 0.29) is 24.4 Å². The first-order valence-corrected chi connectivity index (χ1v) is 7.94. The van der Waals surface area contributed by atoms with Crippen molar-refractivity contribution in [1.82, 2.24) is 5.32 Å². The number of nitrogens with one attached hydrogen (secondary N) is 1. The molecule has 1 N–H and O–H groups in total. The minimum atomic E-state index is -0.0931. The zero-order chi connectivity index (χ0) is 14.9. The lowest BCUT2D eigenvalue weighted by molar-refractivity contribution is -0.250. The highest BCUT2D eigenvalue weighted by atomic mass is 16.7. The molecule has 2 heterocycles. The van der Waals surface area contributed by atoms with Crippen molar-refractivity contribution in [3.8, 4) is 0 Å². The Kier molecular flexibility index (Phi) is 3.70. The summed E-state index contributed by atoms with van der Waals surface area (Å²) in [6.07, 6.45) is 0.861. The Morgan fingerprint density at radius 2 is 1.82 bits per heavy atom. The van der Waals surface area contributed by atoms with Gasteiger partial charge in [0.25, 0.3) is 0 Å². The number of hydrogen-bond acceptors (Lipinski definition) is 3. The van der Waals surface area contributed by atoms with Crippen molar-refractivity contribution >= 4 is 0 Å². The molecule has 2 aliphatic heterocycles. The molecule has 3 heteroatoms. The molecule has 1 fully saturated rings. The van der Waals surface area contributed by atoms with Gasteiger partial charge < -0.3 is 14.8 Å². The summed E-state index contributed by atoms with van der Waals surface area (Å²) < 4.78 is 12.2. The van der Waals surface area contributed by atoms with Gasteiger partial charge in [0.2, 0.25) is 0 Å². The van der Waals surface area contributed by atoms with E-state index in [4.69, 9.17) is 9.47 Å². The molecule has 0 unspecified atom stereocenters. The van der Waals surface area contributed by atoms with Crippen molar-refractivity contribution in [3.63, 3.8) is 0 Å². The Balaban J connectivity index is 1.71. The van der Waals surface area contributed by atoms with Gasteiger partial charge in [-0.2, -0.15) is 0 Å². The van der Waals surface area contributed by atoms with Gasteiger partial charge in [0.15, 0.2) is 6.29 Å². The number of fused-ring (bicyclic) bond motifs is 4. The van der Waals surface area contributed by atoms with Crippen LogP contribution < -0.4 is 5.32 Å². The van der Waals surface area contributed by atoms with E-state index < -0.39 is 0 Å². The van der Waals surface area contributed by atoms with Crippen LogP contribution in [0.4, 0.5) is 0 Å². The van der Waals surface area contributed by atoms with Crippen LogP contribution >= 0.6 is 0 Å². The molecule has 1 saturated heterocycles. The van der Waals surface area contributed by atoms with E-state index in [1.807, 2.05) is 7.05 Å². The number of ether oxygens (including phenoxy) is 2. The second-order valence-electron chi connectivity index (χ2n) is 6.06. The summed E-state index contributed by atoms with van der Waals surface area (Å²) in [7, 11) is 2.01. The molecule has 0 saturated carbocycles. The highest BCUT2D eigenvalue weighted by Gasteiger charge is 2.41. The van der Waals surface area contributed by atoms with Gasteiger partial charge in [-0.3, -0.25) is 0 Å². The average Bonchev–Trinajstić information content (AvgIpc) is 2.58. The zero-order valence-electron chi connectivity index (χ0n) is 12.7. The fourth-order valence-electron chi connectivity index (χ4n) is 3.76. The van der Waals surface area contributed by atoms with E-state index in [1.54, 1.807) is 0 Å². The minimum absolute atomic E-state index is 0.0931. The molecule has 4 atom stereocenters. The van der Waals surface area contributed by atoms with E-state index in [9.17, 15) is 0 Å². The van der Waals surface area contributed by atoms with E-state index in [2.05, 4.69) is 59.9 Å². The van der Waals surface area contributed by atoms with Gasteiger partial charge >= 0.3 is 0 Å². The maximum Gasteiger partial charge on any atom is 0.162 e. The molecule has 0 aromatic heterocycles. The summed E-state index contributed by atoms with van der Waals surface area (Å²) in [6.45, 7) is 0.726. The first kappa shape index (κ1) is 13.9. The molecule has 2 aromatic rings. The summed E-state index contributed by atoms with van der Waals surface area (Å²) in [5, 5.41) is 3.46. The molecule has 0 radical (unpaired) electrons. The molecular formula is C19H21NO2. The van der Waals surface area contributed by atoms with Gasteiger partial charge in [-0.15, -0.1) is 0 Å². The van der Waals surface area contributed by atoms with Gasteiger partial charge in [-0.1, -0.05) is 54.6 Å². The normalized spacial score (nSPS) is 28.0. The fourth-order valence-corrected chi connectivity index (χ4v) is 3.76. The monoisotopic (exact) mass is 295 g/mol. The molecule has 2 aromatic carbocycles. The first-order chi connectivity index (χ1) is 10.9. The van der Waals surface area contributed by atoms with Crippen molar-refractivity contribution in [2.45, 2.75) is 24.9 Å². The van der Waals surface area contributed by atoms with Gasteiger partial charge in [-0.25, -0.2) is 0 Å². The molecule has 0 amide bonds. The van der Waals surface area contributed by atoms with Crippen LogP contribution in [0.1, 0.15) is 28.8 Å². The van der Waals surface area contributed by atoms with Gasteiger partial charge in [0.1, 0.15) is 0 Å². The van der Waals surface area contributed by atoms with Crippen LogP contribution in [0.2, 0.25) is 0 Å². The third-order valence-corrected chi connectivity index (χ3v) is 4.81. The summed E-state index contributed by atoms with van der Waals surface area (Å²) in [4.78, 5) is 0. The number of benzene rings is 2. The highest BCUT2D eigenvalue weighted by molar-refractivity contribution is 5.33. The van der Waals surface area contributed by atoms with Crippen LogP contribution in [0, 0.1) is 5.92 Å². The Bertz CT molecular complexity index is 643. The molecule has 114 valence electrons. The van der Waals surface area contributed by atoms with E-state index >= 15 is 0 Å². The lowest BCUT2D eigenvalue weighted by Gasteiger charge is -2.44. The van der Waals surface area contributed by atoms with Crippen LogP contribution in [-0.2, 0) is 15.9 Å². The van der Waals surface area contributed by atoms with Crippen molar-refractivity contribution in [3.05, 3.63) is 71.3 Å². The second-order valence-corrected chi connectivity index (χ2v) is 6.06. The van der Waals surface area contributed by atoms with Crippen LogP contribution in [0.15, 0.2) is 54.6 Å². The molecule has 0 aliphatic carbocycles. The maximum atomic E-state index is 6.20. The first-order valence-electron chi connectivity index (χ1n) is 7.94. The van der Waals surface area contributed by atoms with E-state index in [0.29, 0.717) is 0 Å². The number of rotatable bonds is 3. The molecule has 4 rings (SSSR count). The number of hydrogen-bond donors (Lipinski definition) is 1. The van der Waals surface area contributed by atoms with Crippen molar-refractivity contribution in [2.75, 3.05) is 13.7 Å². The fraction of sp³-hybridized carbons (Fsp3) is 0.368. The lowest BCUT2D eigenvalue weighted by Crippen LogP contribution is -2.44. The smallest absolute Gasteiger partial charge is 0.162 e. The Labute approximate surface area is 131 Å². The predicted octanol–water partition coefficient (Wildman–Crippen LogP) is 3.23. The van der Waals surface area contributed by atoms with Gasteiger partial charge in [0, 0.05) is 18.4 Å². The summed E-state index contributed by atoms with van der Waals surface area (Å²) >= 11 is 0. The highest BCUT2D eigenvalue weighted by Crippen LogP contribution is 2.44. The third-order valence-electron chi connectivity index (χ3n) is 4.81. The molecule has 3 nitrogen and oxygen atoms in total. The van der Waals surface area contributed by atoms with Crippen molar-refractivity contribution in [1.29, 1.82) is 0 Å². The van der Waals surface area contributed by atoms with Gasteiger partial charge in [0.05, 0.1) is 12.7 Å². The summed E-state index contributed by atoms with van der Waals surface area (Å²) in [6, 6.07) is 19.4. The predicted molar refractivity (Wildman–Crippen MR) is 85.4 cm³/mol. The second kappa shape index (κ2) is 5.84. The quantitative estimate of drug-likeness (QED) is 0.943. The Morgan fingerprint density at radius 3 is 2.64 bits per heavy atom. The summed E-state index contributed by atoms with van der Waals surface area (Å²) in [5.41, 5.74) is 3.96. The van der Waals surface area contributed by atoms with Crippen LogP contribution in [-0.4, -0.2) is 19.9 Å². The molecule has 2 aliphatic rings. The van der Waals surface area contributed by atoms with Crippen molar-refractivity contribution < 1.29 is 9.47 Å². The van der Waals surface area contributed by atoms with Crippen LogP contribution in [0.25, 0.3) is 0 Å². The topological polar surface area (TPSA) is 30.5 Å². The zero-order valence-corrected chi connectivity index (χ0v) is 12.7. The molecular weight excluding hydrogens is 274 g/mol. The molecule has 22 heavy (non-hydrogen) atoms. The SMILES string of the molecule is CN[C@H](c1ccccc1)[C@@H]1CO[C@H]2Cc3ccccc3[C@@H]1O2. The minimum Gasteiger partial charge on any atom is -0.352 e. The Hall–Kier alpha value is -1.68. The maximum absolute atomic E-state index is 6.20. The van der Waals surface area contributed by atoms with E-state index in [1.165, 1.54) is 16.7 Å².